The predicted molar refractivity (Wildman–Crippen MR) is 83.2 cm³/mol. The number of piperidine rings is 1. The van der Waals surface area contributed by atoms with Crippen LogP contribution in [0.3, 0.4) is 0 Å². The first-order valence-corrected chi connectivity index (χ1v) is 8.05. The summed E-state index contributed by atoms with van der Waals surface area (Å²) in [5.41, 5.74) is 2.74. The topological polar surface area (TPSA) is 33.5 Å². The molecule has 2 saturated heterocycles. The van der Waals surface area contributed by atoms with Crippen molar-refractivity contribution in [3.8, 4) is 0 Å². The van der Waals surface area contributed by atoms with Crippen molar-refractivity contribution in [1.29, 1.82) is 0 Å². The molecule has 1 atom stereocenters. The number of nitrogens with zero attached hydrogens (tertiary/aromatic N) is 4. The Morgan fingerprint density at radius 3 is 2.90 bits per heavy atom. The van der Waals surface area contributed by atoms with E-state index < -0.39 is 0 Å². The molecule has 2 aliphatic heterocycles. The van der Waals surface area contributed by atoms with Gasteiger partial charge in [-0.2, -0.15) is 5.10 Å². The predicted octanol–water partition coefficient (Wildman–Crippen LogP) is 1.27. The van der Waals surface area contributed by atoms with Gasteiger partial charge in [0.05, 0.1) is 24.6 Å². The molecule has 1 spiro atoms. The quantitative estimate of drug-likeness (QED) is 0.822. The summed E-state index contributed by atoms with van der Waals surface area (Å²) in [4.78, 5) is 5.02. The zero-order valence-electron chi connectivity index (χ0n) is 13.6. The van der Waals surface area contributed by atoms with Crippen molar-refractivity contribution in [2.24, 2.45) is 12.5 Å². The summed E-state index contributed by atoms with van der Waals surface area (Å²) in [6.45, 7) is 9.41. The molecule has 5 nitrogen and oxygen atoms in total. The second-order valence-corrected chi connectivity index (χ2v) is 7.01. The maximum atomic E-state index is 5.90. The average Bonchev–Trinajstić information content (AvgIpc) is 2.63. The maximum absolute atomic E-state index is 5.90. The number of hydrogen-bond acceptors (Lipinski definition) is 4. The molecule has 1 unspecified atom stereocenters. The van der Waals surface area contributed by atoms with Crippen LogP contribution in [0.25, 0.3) is 0 Å². The van der Waals surface area contributed by atoms with E-state index in [1.165, 1.54) is 25.1 Å². The fourth-order valence-corrected chi connectivity index (χ4v) is 3.94. The molecule has 3 heterocycles. The normalized spacial score (nSPS) is 28.9. The molecule has 0 saturated carbocycles. The zero-order valence-corrected chi connectivity index (χ0v) is 13.6. The Morgan fingerprint density at radius 1 is 1.29 bits per heavy atom. The molecule has 1 aromatic rings. The van der Waals surface area contributed by atoms with Gasteiger partial charge in [0.1, 0.15) is 0 Å². The highest BCUT2D eigenvalue weighted by Gasteiger charge is 2.38. The van der Waals surface area contributed by atoms with Crippen LogP contribution in [0.2, 0.25) is 0 Å². The summed E-state index contributed by atoms with van der Waals surface area (Å²) >= 11 is 0. The summed E-state index contributed by atoms with van der Waals surface area (Å²) in [6.07, 6.45) is 2.56. The number of aromatic nitrogens is 2. The van der Waals surface area contributed by atoms with E-state index in [1.54, 1.807) is 0 Å². The van der Waals surface area contributed by atoms with Crippen LogP contribution in [0, 0.1) is 12.3 Å². The highest BCUT2D eigenvalue weighted by molar-refractivity contribution is 5.09. The minimum Gasteiger partial charge on any atom is -0.379 e. The van der Waals surface area contributed by atoms with E-state index in [0.29, 0.717) is 5.41 Å². The molecule has 1 aromatic heterocycles. The van der Waals surface area contributed by atoms with Crippen LogP contribution in [-0.4, -0.2) is 66.0 Å². The van der Waals surface area contributed by atoms with Gasteiger partial charge in [0.15, 0.2) is 0 Å². The number of likely N-dealkylation sites (N-methyl/N-ethyl adjacent to an activating group) is 1. The second kappa shape index (κ2) is 6.07. The van der Waals surface area contributed by atoms with E-state index >= 15 is 0 Å². The fourth-order valence-electron chi connectivity index (χ4n) is 3.94. The summed E-state index contributed by atoms with van der Waals surface area (Å²) in [7, 11) is 4.27. The third kappa shape index (κ3) is 3.47. The average molecular weight is 292 g/mol. The van der Waals surface area contributed by atoms with E-state index in [0.717, 1.165) is 45.1 Å². The molecule has 3 rings (SSSR count). The van der Waals surface area contributed by atoms with Crippen molar-refractivity contribution < 1.29 is 4.74 Å². The maximum Gasteiger partial charge on any atom is 0.0597 e. The van der Waals surface area contributed by atoms with Crippen molar-refractivity contribution in [3.63, 3.8) is 0 Å². The van der Waals surface area contributed by atoms with Crippen LogP contribution in [0.4, 0.5) is 0 Å². The van der Waals surface area contributed by atoms with E-state index in [9.17, 15) is 0 Å². The van der Waals surface area contributed by atoms with Gasteiger partial charge in [-0.05, 0) is 39.4 Å². The Bertz CT molecular complexity index is 487. The van der Waals surface area contributed by atoms with Gasteiger partial charge in [-0.15, -0.1) is 0 Å². The van der Waals surface area contributed by atoms with Crippen LogP contribution in [0.5, 0.6) is 0 Å². The lowest BCUT2D eigenvalue weighted by Crippen LogP contribution is -2.49. The van der Waals surface area contributed by atoms with Gasteiger partial charge in [0.2, 0.25) is 0 Å². The minimum atomic E-state index is 0.317. The standard InChI is InChI=1S/C16H28N4O/c1-14-9-15(19(3)17-14)10-20-6-4-5-16(12-20)11-18(2)7-8-21-13-16/h9H,4-8,10-13H2,1-3H3. The van der Waals surface area contributed by atoms with Crippen LogP contribution in [0.15, 0.2) is 6.07 Å². The molecule has 2 aliphatic rings. The second-order valence-electron chi connectivity index (χ2n) is 7.01. The van der Waals surface area contributed by atoms with Gasteiger partial charge in [-0.3, -0.25) is 9.58 Å². The van der Waals surface area contributed by atoms with Crippen molar-refractivity contribution in [2.45, 2.75) is 26.3 Å². The van der Waals surface area contributed by atoms with E-state index in [2.05, 4.69) is 34.9 Å². The lowest BCUT2D eigenvalue weighted by atomic mass is 9.80. The van der Waals surface area contributed by atoms with Gasteiger partial charge >= 0.3 is 0 Å². The largest absolute Gasteiger partial charge is 0.379 e. The Hall–Kier alpha value is -0.910. The molecule has 21 heavy (non-hydrogen) atoms. The monoisotopic (exact) mass is 292 g/mol. The van der Waals surface area contributed by atoms with Gasteiger partial charge in [0.25, 0.3) is 0 Å². The van der Waals surface area contributed by atoms with Crippen molar-refractivity contribution in [3.05, 3.63) is 17.5 Å². The number of hydrogen-bond donors (Lipinski definition) is 0. The van der Waals surface area contributed by atoms with E-state index in [1.807, 2.05) is 11.7 Å². The lowest BCUT2D eigenvalue weighted by Gasteiger charge is -2.43. The molecule has 0 amide bonds. The summed E-state index contributed by atoms with van der Waals surface area (Å²) in [5.74, 6) is 0. The Morgan fingerprint density at radius 2 is 2.14 bits per heavy atom. The minimum absolute atomic E-state index is 0.317. The van der Waals surface area contributed by atoms with E-state index in [4.69, 9.17) is 4.74 Å². The highest BCUT2D eigenvalue weighted by atomic mass is 16.5. The zero-order chi connectivity index (χ0) is 14.9. The SMILES string of the molecule is Cc1cc(CN2CCCC3(COCCN(C)C3)C2)n(C)n1. The molecule has 118 valence electrons. The summed E-state index contributed by atoms with van der Waals surface area (Å²) in [6, 6.07) is 2.21. The molecular formula is C16H28N4O. The van der Waals surface area contributed by atoms with Crippen molar-refractivity contribution in [1.82, 2.24) is 19.6 Å². The van der Waals surface area contributed by atoms with Crippen LogP contribution < -0.4 is 0 Å². The molecule has 5 heteroatoms. The molecular weight excluding hydrogens is 264 g/mol. The lowest BCUT2D eigenvalue weighted by molar-refractivity contribution is 0.00382. The Kier molecular flexibility index (Phi) is 4.33. The Labute approximate surface area is 127 Å². The third-order valence-electron chi connectivity index (χ3n) is 4.86. The van der Waals surface area contributed by atoms with Crippen molar-refractivity contribution in [2.75, 3.05) is 46.4 Å². The van der Waals surface area contributed by atoms with Gasteiger partial charge < -0.3 is 9.64 Å². The Balaban J connectivity index is 1.68. The molecule has 0 bridgehead atoms. The van der Waals surface area contributed by atoms with Crippen LogP contribution >= 0.6 is 0 Å². The number of aryl methyl sites for hydroxylation is 2. The van der Waals surface area contributed by atoms with Crippen LogP contribution in [0.1, 0.15) is 24.2 Å². The van der Waals surface area contributed by atoms with Crippen LogP contribution in [-0.2, 0) is 18.3 Å². The third-order valence-corrected chi connectivity index (χ3v) is 4.86. The summed E-state index contributed by atoms with van der Waals surface area (Å²) in [5, 5.41) is 4.46. The van der Waals surface area contributed by atoms with E-state index in [-0.39, 0.29) is 0 Å². The number of ether oxygens (including phenoxy) is 1. The smallest absolute Gasteiger partial charge is 0.0597 e. The van der Waals surface area contributed by atoms with Crippen molar-refractivity contribution >= 4 is 0 Å². The molecule has 0 aliphatic carbocycles. The first-order chi connectivity index (χ1) is 10.1. The van der Waals surface area contributed by atoms with Gasteiger partial charge in [0, 0.05) is 38.6 Å². The summed E-state index contributed by atoms with van der Waals surface area (Å²) < 4.78 is 7.92. The van der Waals surface area contributed by atoms with Gasteiger partial charge in [-0.1, -0.05) is 0 Å². The molecule has 0 N–H and O–H groups in total. The van der Waals surface area contributed by atoms with Gasteiger partial charge in [-0.25, -0.2) is 0 Å². The molecule has 0 aromatic carbocycles. The number of likely N-dealkylation sites (tertiary alicyclic amines) is 1. The first kappa shape index (κ1) is 15.0. The molecule has 0 radical (unpaired) electrons. The fraction of sp³-hybridized carbons (Fsp3) is 0.812. The number of rotatable bonds is 2. The molecule has 2 fully saturated rings. The highest BCUT2D eigenvalue weighted by Crippen LogP contribution is 2.33. The first-order valence-electron chi connectivity index (χ1n) is 8.05.